The first kappa shape index (κ1) is 15.6. The summed E-state index contributed by atoms with van der Waals surface area (Å²) in [5.41, 5.74) is 5.12. The van der Waals surface area contributed by atoms with Gasteiger partial charge in [-0.15, -0.1) is 0 Å². The van der Waals surface area contributed by atoms with E-state index >= 15 is 0 Å². The molecule has 2 aromatic carbocycles. The fourth-order valence-corrected chi connectivity index (χ4v) is 2.00. The van der Waals surface area contributed by atoms with Crippen LogP contribution in [0.3, 0.4) is 0 Å². The van der Waals surface area contributed by atoms with Crippen molar-refractivity contribution in [1.29, 1.82) is 0 Å². The van der Waals surface area contributed by atoms with Crippen molar-refractivity contribution in [3.05, 3.63) is 64.4 Å². The van der Waals surface area contributed by atoms with Crippen LogP contribution in [0.2, 0.25) is 5.02 Å². The Morgan fingerprint density at radius 3 is 2.29 bits per heavy atom. The lowest BCUT2D eigenvalue weighted by Crippen LogP contribution is -2.21. The molecule has 7 heteroatoms. The highest BCUT2D eigenvalue weighted by atomic mass is 35.5. The molecule has 0 unspecified atom stereocenters. The van der Waals surface area contributed by atoms with Gasteiger partial charge in [-0.25, -0.2) is 9.82 Å². The number of halogens is 5. The fraction of sp³-hybridized carbons (Fsp3) is 0.143. The van der Waals surface area contributed by atoms with Gasteiger partial charge in [0.2, 0.25) is 0 Å². The van der Waals surface area contributed by atoms with Gasteiger partial charge in [0, 0.05) is 17.8 Å². The molecule has 0 saturated heterocycles. The number of rotatable bonds is 4. The van der Waals surface area contributed by atoms with Crippen molar-refractivity contribution in [3.8, 4) is 0 Å². The maximum atomic E-state index is 13.8. The Morgan fingerprint density at radius 2 is 1.67 bits per heavy atom. The minimum Gasteiger partial charge on any atom is -0.321 e. The third-order valence-electron chi connectivity index (χ3n) is 2.75. The van der Waals surface area contributed by atoms with E-state index in [0.29, 0.717) is 0 Å². The Morgan fingerprint density at radius 1 is 1.00 bits per heavy atom. The lowest BCUT2D eigenvalue weighted by molar-refractivity contribution is -0.137. The summed E-state index contributed by atoms with van der Waals surface area (Å²) in [4.78, 5) is 0. The van der Waals surface area contributed by atoms with Crippen LogP contribution < -0.4 is 10.9 Å². The van der Waals surface area contributed by atoms with Gasteiger partial charge in [0.25, 0.3) is 0 Å². The van der Waals surface area contributed by atoms with Crippen LogP contribution in [0, 0.1) is 5.82 Å². The molecule has 0 bridgehead atoms. The van der Waals surface area contributed by atoms with Gasteiger partial charge in [-0.2, -0.15) is 13.2 Å². The van der Waals surface area contributed by atoms with Gasteiger partial charge in [-0.05, 0) is 18.2 Å². The Bertz CT molecular complexity index is 614. The zero-order valence-electron chi connectivity index (χ0n) is 10.6. The number of alkyl halides is 3. The first-order valence-electron chi connectivity index (χ1n) is 5.97. The van der Waals surface area contributed by atoms with Crippen LogP contribution in [0.15, 0.2) is 42.5 Å². The lowest BCUT2D eigenvalue weighted by Gasteiger charge is -2.13. The summed E-state index contributed by atoms with van der Waals surface area (Å²) >= 11 is 5.44. The number of hydrazine groups is 1. The first-order valence-corrected chi connectivity index (χ1v) is 6.35. The zero-order valence-corrected chi connectivity index (χ0v) is 11.4. The predicted octanol–water partition coefficient (Wildman–Crippen LogP) is 4.61. The standard InChI is InChI=1S/C14H11ClF4N2/c15-12-11(14(17,18)19)7-6-9(13(12)16)8-20-21-10-4-2-1-3-5-10/h1-7,20-21H,8H2. The molecule has 0 aliphatic heterocycles. The van der Waals surface area contributed by atoms with Gasteiger partial charge in [0.15, 0.2) is 0 Å². The Kier molecular flexibility index (Phi) is 4.69. The summed E-state index contributed by atoms with van der Waals surface area (Å²) in [7, 11) is 0. The van der Waals surface area contributed by atoms with Gasteiger partial charge in [0.1, 0.15) is 5.82 Å². The van der Waals surface area contributed by atoms with Crippen molar-refractivity contribution in [2.24, 2.45) is 0 Å². The van der Waals surface area contributed by atoms with Crippen molar-refractivity contribution >= 4 is 17.3 Å². The van der Waals surface area contributed by atoms with Crippen molar-refractivity contribution in [1.82, 2.24) is 5.43 Å². The number of benzene rings is 2. The van der Waals surface area contributed by atoms with E-state index in [2.05, 4.69) is 10.9 Å². The van der Waals surface area contributed by atoms with E-state index < -0.39 is 22.6 Å². The van der Waals surface area contributed by atoms with Gasteiger partial charge >= 0.3 is 6.18 Å². The highest BCUT2D eigenvalue weighted by molar-refractivity contribution is 6.31. The summed E-state index contributed by atoms with van der Waals surface area (Å²) in [6, 6.07) is 10.8. The van der Waals surface area contributed by atoms with E-state index in [1.54, 1.807) is 24.3 Å². The van der Waals surface area contributed by atoms with Crippen LogP contribution in [0.25, 0.3) is 0 Å². The molecular formula is C14H11ClF4N2. The summed E-state index contributed by atoms with van der Waals surface area (Å²) in [6.07, 6.45) is -4.67. The molecular weight excluding hydrogens is 308 g/mol. The van der Waals surface area contributed by atoms with E-state index in [1.165, 1.54) is 0 Å². The van der Waals surface area contributed by atoms with Crippen molar-refractivity contribution in [2.45, 2.75) is 12.7 Å². The molecule has 21 heavy (non-hydrogen) atoms. The molecule has 0 aliphatic carbocycles. The maximum Gasteiger partial charge on any atom is 0.417 e. The summed E-state index contributed by atoms with van der Waals surface area (Å²) in [5, 5.41) is -0.915. The molecule has 2 nitrogen and oxygen atoms in total. The number of hydrogen-bond acceptors (Lipinski definition) is 2. The molecule has 2 N–H and O–H groups in total. The molecule has 2 rings (SSSR count). The van der Waals surface area contributed by atoms with Gasteiger partial charge in [0.05, 0.1) is 10.6 Å². The quantitative estimate of drug-likeness (QED) is 0.635. The highest BCUT2D eigenvalue weighted by Crippen LogP contribution is 2.36. The molecule has 0 atom stereocenters. The first-order chi connectivity index (χ1) is 9.89. The van der Waals surface area contributed by atoms with Crippen LogP contribution in [0.4, 0.5) is 23.2 Å². The molecule has 112 valence electrons. The molecule has 0 amide bonds. The highest BCUT2D eigenvalue weighted by Gasteiger charge is 2.34. The topological polar surface area (TPSA) is 24.1 Å². The van der Waals surface area contributed by atoms with Gasteiger partial charge in [-0.3, -0.25) is 0 Å². The maximum absolute atomic E-state index is 13.8. The Hall–Kier alpha value is -1.79. The summed E-state index contributed by atoms with van der Waals surface area (Å²) in [5.74, 6) is -1.08. The number of anilines is 1. The summed E-state index contributed by atoms with van der Waals surface area (Å²) in [6.45, 7) is -0.0153. The number of hydrogen-bond donors (Lipinski definition) is 2. The molecule has 0 radical (unpaired) electrons. The third-order valence-corrected chi connectivity index (χ3v) is 3.12. The Labute approximate surface area is 123 Å². The molecule has 2 aromatic rings. The second kappa shape index (κ2) is 6.32. The van der Waals surface area contributed by atoms with Crippen LogP contribution in [0.5, 0.6) is 0 Å². The van der Waals surface area contributed by atoms with Crippen molar-refractivity contribution in [2.75, 3.05) is 5.43 Å². The summed E-state index contributed by atoms with van der Waals surface area (Å²) < 4.78 is 51.5. The monoisotopic (exact) mass is 318 g/mol. The molecule has 0 fully saturated rings. The number of nitrogens with one attached hydrogen (secondary N) is 2. The molecule has 0 saturated carbocycles. The van der Waals surface area contributed by atoms with Gasteiger partial charge < -0.3 is 5.43 Å². The second-order valence-electron chi connectivity index (χ2n) is 4.24. The lowest BCUT2D eigenvalue weighted by atomic mass is 10.1. The van der Waals surface area contributed by atoms with E-state index in [9.17, 15) is 17.6 Å². The van der Waals surface area contributed by atoms with E-state index in [1.807, 2.05) is 6.07 Å². The number of para-hydroxylation sites is 1. The second-order valence-corrected chi connectivity index (χ2v) is 4.62. The molecule has 0 aliphatic rings. The van der Waals surface area contributed by atoms with Crippen molar-refractivity contribution < 1.29 is 17.6 Å². The average molecular weight is 319 g/mol. The van der Waals surface area contributed by atoms with Crippen LogP contribution >= 0.6 is 11.6 Å². The minimum absolute atomic E-state index is 0.0153. The third kappa shape index (κ3) is 3.86. The van der Waals surface area contributed by atoms with Gasteiger partial charge in [-0.1, -0.05) is 35.9 Å². The Balaban J connectivity index is 2.06. The van der Waals surface area contributed by atoms with Crippen LogP contribution in [-0.4, -0.2) is 0 Å². The van der Waals surface area contributed by atoms with E-state index in [4.69, 9.17) is 11.6 Å². The fourth-order valence-electron chi connectivity index (χ4n) is 1.71. The predicted molar refractivity (Wildman–Crippen MR) is 73.3 cm³/mol. The largest absolute Gasteiger partial charge is 0.417 e. The van der Waals surface area contributed by atoms with E-state index in [0.717, 1.165) is 17.8 Å². The molecule has 0 aromatic heterocycles. The minimum atomic E-state index is -4.67. The SMILES string of the molecule is Fc1c(CNNc2ccccc2)ccc(C(F)(F)F)c1Cl. The van der Waals surface area contributed by atoms with Crippen LogP contribution in [-0.2, 0) is 12.7 Å². The molecule has 0 spiro atoms. The average Bonchev–Trinajstić information content (AvgIpc) is 2.43. The smallest absolute Gasteiger partial charge is 0.321 e. The van der Waals surface area contributed by atoms with Crippen molar-refractivity contribution in [3.63, 3.8) is 0 Å². The normalized spacial score (nSPS) is 11.5. The van der Waals surface area contributed by atoms with Crippen LogP contribution in [0.1, 0.15) is 11.1 Å². The molecule has 0 heterocycles. The van der Waals surface area contributed by atoms with E-state index in [-0.39, 0.29) is 12.1 Å². The zero-order chi connectivity index (χ0) is 15.5.